The molecule has 15 heavy (non-hydrogen) atoms. The van der Waals surface area contributed by atoms with Gasteiger partial charge in [0.1, 0.15) is 6.54 Å². The average molecular weight is 292 g/mol. The van der Waals surface area contributed by atoms with Crippen LogP contribution >= 0.6 is 27.3 Å². The van der Waals surface area contributed by atoms with E-state index in [0.717, 1.165) is 8.66 Å². The molecule has 1 rings (SSSR count). The number of hydrogen-bond acceptors (Lipinski definition) is 3. The number of hydrogen-bond donors (Lipinski definition) is 1. The number of likely N-dealkylation sites (N-methyl/N-ethyl adjacent to an activating group) is 1. The third kappa shape index (κ3) is 3.04. The van der Waals surface area contributed by atoms with Crippen LogP contribution < -0.4 is 0 Å². The number of amides is 1. The number of carboxylic acid groups (broad SMARTS) is 1. The highest BCUT2D eigenvalue weighted by molar-refractivity contribution is 9.11. The molecule has 0 unspecified atom stereocenters. The van der Waals surface area contributed by atoms with E-state index in [-0.39, 0.29) is 12.5 Å². The molecule has 82 valence electrons. The molecule has 0 radical (unpaired) electrons. The first-order valence-corrected chi connectivity index (χ1v) is 5.76. The third-order valence-corrected chi connectivity index (χ3v) is 3.51. The lowest BCUT2D eigenvalue weighted by atomic mass is 10.3. The van der Waals surface area contributed by atoms with Crippen molar-refractivity contribution in [1.29, 1.82) is 0 Å². The molecule has 1 heterocycles. The van der Waals surface area contributed by atoms with Gasteiger partial charge in [0.2, 0.25) is 0 Å². The zero-order valence-electron chi connectivity index (χ0n) is 8.28. The number of nitrogens with zero attached hydrogens (tertiary/aromatic N) is 1. The number of halogens is 1. The van der Waals surface area contributed by atoms with Crippen LogP contribution in [0.5, 0.6) is 0 Å². The standard InChI is InChI=1S/C9H10BrNO3S/c1-5-3-6(8(10)15-5)9(14)11(2)4-7(12)13/h3H,4H2,1-2H3,(H,12,13). The Morgan fingerprint density at radius 1 is 1.60 bits per heavy atom. The fourth-order valence-electron chi connectivity index (χ4n) is 1.11. The largest absolute Gasteiger partial charge is 0.480 e. The number of carbonyl (C=O) groups excluding carboxylic acids is 1. The molecule has 0 aromatic carbocycles. The molecule has 0 bridgehead atoms. The maximum Gasteiger partial charge on any atom is 0.323 e. The molecule has 0 saturated heterocycles. The van der Waals surface area contributed by atoms with Crippen molar-refractivity contribution in [2.24, 2.45) is 0 Å². The van der Waals surface area contributed by atoms with Crippen molar-refractivity contribution in [1.82, 2.24) is 4.90 Å². The summed E-state index contributed by atoms with van der Waals surface area (Å²) in [6.45, 7) is 1.60. The fraction of sp³-hybridized carbons (Fsp3) is 0.333. The van der Waals surface area contributed by atoms with E-state index in [1.807, 2.05) is 6.92 Å². The molecule has 0 atom stereocenters. The van der Waals surface area contributed by atoms with Crippen LogP contribution in [0.4, 0.5) is 0 Å². The normalized spacial score (nSPS) is 10.1. The molecule has 0 aliphatic heterocycles. The Bertz CT molecular complexity index is 402. The highest BCUT2D eigenvalue weighted by Crippen LogP contribution is 2.28. The zero-order valence-corrected chi connectivity index (χ0v) is 10.7. The van der Waals surface area contributed by atoms with Crippen LogP contribution in [0.15, 0.2) is 9.85 Å². The topological polar surface area (TPSA) is 57.6 Å². The summed E-state index contributed by atoms with van der Waals surface area (Å²) >= 11 is 4.73. The number of aryl methyl sites for hydroxylation is 1. The zero-order chi connectivity index (χ0) is 11.6. The van der Waals surface area contributed by atoms with Gasteiger partial charge in [-0.1, -0.05) is 0 Å². The maximum atomic E-state index is 11.8. The van der Waals surface area contributed by atoms with Gasteiger partial charge >= 0.3 is 5.97 Å². The molecule has 0 saturated carbocycles. The summed E-state index contributed by atoms with van der Waals surface area (Å²) in [6, 6.07) is 1.75. The Balaban J connectivity index is 2.84. The van der Waals surface area contributed by atoms with E-state index in [0.29, 0.717) is 5.56 Å². The lowest BCUT2D eigenvalue weighted by molar-refractivity contribution is -0.137. The Hall–Kier alpha value is -0.880. The van der Waals surface area contributed by atoms with Crippen molar-refractivity contribution < 1.29 is 14.7 Å². The number of rotatable bonds is 3. The smallest absolute Gasteiger partial charge is 0.323 e. The van der Waals surface area contributed by atoms with Crippen LogP contribution in [0, 0.1) is 6.92 Å². The lowest BCUT2D eigenvalue weighted by Gasteiger charge is -2.13. The van der Waals surface area contributed by atoms with E-state index < -0.39 is 5.97 Å². The SMILES string of the molecule is Cc1cc(C(=O)N(C)CC(=O)O)c(Br)s1. The van der Waals surface area contributed by atoms with Crippen LogP contribution in [0.1, 0.15) is 15.2 Å². The van der Waals surface area contributed by atoms with Crippen molar-refractivity contribution in [3.8, 4) is 0 Å². The lowest BCUT2D eigenvalue weighted by Crippen LogP contribution is -2.31. The van der Waals surface area contributed by atoms with Gasteiger partial charge in [-0.15, -0.1) is 11.3 Å². The molecule has 0 aliphatic carbocycles. The van der Waals surface area contributed by atoms with Gasteiger partial charge in [0, 0.05) is 11.9 Å². The van der Waals surface area contributed by atoms with Crippen LogP contribution in [0.3, 0.4) is 0 Å². The van der Waals surface area contributed by atoms with Gasteiger partial charge in [-0.25, -0.2) is 0 Å². The number of carboxylic acids is 1. The first-order valence-electron chi connectivity index (χ1n) is 4.15. The molecule has 0 aliphatic rings. The molecule has 0 spiro atoms. The van der Waals surface area contributed by atoms with Gasteiger partial charge in [-0.05, 0) is 28.9 Å². The van der Waals surface area contributed by atoms with Crippen molar-refractivity contribution in [3.05, 3.63) is 20.3 Å². The molecule has 4 nitrogen and oxygen atoms in total. The summed E-state index contributed by atoms with van der Waals surface area (Å²) < 4.78 is 0.738. The van der Waals surface area contributed by atoms with Gasteiger partial charge in [0.05, 0.1) is 9.35 Å². The molecule has 6 heteroatoms. The average Bonchev–Trinajstić information content (AvgIpc) is 2.42. The minimum absolute atomic E-state index is 0.284. The molecule has 1 aromatic rings. The summed E-state index contributed by atoms with van der Waals surface area (Å²) in [7, 11) is 1.47. The van der Waals surface area contributed by atoms with E-state index in [9.17, 15) is 9.59 Å². The van der Waals surface area contributed by atoms with Gasteiger partial charge in [-0.2, -0.15) is 0 Å². The maximum absolute atomic E-state index is 11.8. The summed E-state index contributed by atoms with van der Waals surface area (Å²) in [5.74, 6) is -1.30. The van der Waals surface area contributed by atoms with Crippen LogP contribution in [-0.2, 0) is 4.79 Å². The number of aliphatic carboxylic acids is 1. The van der Waals surface area contributed by atoms with E-state index in [4.69, 9.17) is 5.11 Å². The predicted molar refractivity (Wildman–Crippen MR) is 61.4 cm³/mol. The van der Waals surface area contributed by atoms with E-state index in [1.54, 1.807) is 6.07 Å². The molecular weight excluding hydrogens is 282 g/mol. The van der Waals surface area contributed by atoms with Gasteiger partial charge < -0.3 is 10.0 Å². The highest BCUT2D eigenvalue weighted by atomic mass is 79.9. The van der Waals surface area contributed by atoms with Crippen LogP contribution in [0.2, 0.25) is 0 Å². The molecule has 1 amide bonds. The Morgan fingerprint density at radius 3 is 2.60 bits per heavy atom. The van der Waals surface area contributed by atoms with E-state index >= 15 is 0 Å². The van der Waals surface area contributed by atoms with E-state index in [1.165, 1.54) is 23.3 Å². The Labute approximate surface area is 99.6 Å². The summed E-state index contributed by atoms with van der Waals surface area (Å²) in [4.78, 5) is 24.4. The molecule has 0 fully saturated rings. The minimum atomic E-state index is -1.02. The Morgan fingerprint density at radius 2 is 2.20 bits per heavy atom. The summed E-state index contributed by atoms with van der Waals surface area (Å²) in [5, 5.41) is 8.55. The van der Waals surface area contributed by atoms with Crippen LogP contribution in [-0.4, -0.2) is 35.5 Å². The monoisotopic (exact) mass is 291 g/mol. The van der Waals surface area contributed by atoms with Crippen molar-refractivity contribution in [3.63, 3.8) is 0 Å². The third-order valence-electron chi connectivity index (χ3n) is 1.76. The van der Waals surface area contributed by atoms with Gasteiger partial charge in [0.25, 0.3) is 5.91 Å². The second-order valence-electron chi connectivity index (χ2n) is 3.10. The molecule has 1 N–H and O–H groups in total. The van der Waals surface area contributed by atoms with Crippen molar-refractivity contribution in [2.75, 3.05) is 13.6 Å². The summed E-state index contributed by atoms with van der Waals surface area (Å²) in [6.07, 6.45) is 0. The molecule has 1 aromatic heterocycles. The van der Waals surface area contributed by atoms with E-state index in [2.05, 4.69) is 15.9 Å². The quantitative estimate of drug-likeness (QED) is 0.926. The number of thiophene rings is 1. The second-order valence-corrected chi connectivity index (χ2v) is 5.67. The van der Waals surface area contributed by atoms with Crippen molar-refractivity contribution >= 4 is 39.1 Å². The fourth-order valence-corrected chi connectivity index (χ4v) is 2.88. The van der Waals surface area contributed by atoms with Crippen LogP contribution in [0.25, 0.3) is 0 Å². The Kier molecular flexibility index (Phi) is 3.87. The first-order chi connectivity index (χ1) is 6.91. The molecular formula is C9H10BrNO3S. The van der Waals surface area contributed by atoms with Gasteiger partial charge in [0.15, 0.2) is 0 Å². The second kappa shape index (κ2) is 4.76. The summed E-state index contributed by atoms with van der Waals surface area (Å²) in [5.41, 5.74) is 0.515. The van der Waals surface area contributed by atoms with Gasteiger partial charge in [-0.3, -0.25) is 9.59 Å². The van der Waals surface area contributed by atoms with Crippen molar-refractivity contribution in [2.45, 2.75) is 6.92 Å². The minimum Gasteiger partial charge on any atom is -0.480 e. The highest BCUT2D eigenvalue weighted by Gasteiger charge is 2.18. The first kappa shape index (κ1) is 12.2. The number of carbonyl (C=O) groups is 2. The predicted octanol–water partition coefficient (Wildman–Crippen LogP) is 1.98.